The first-order valence-corrected chi connectivity index (χ1v) is 5.79. The van der Waals surface area contributed by atoms with Crippen molar-refractivity contribution < 1.29 is 9.53 Å². The minimum atomic E-state index is -0.364. The second-order valence-electron chi connectivity index (χ2n) is 3.41. The third-order valence-corrected chi connectivity index (χ3v) is 3.32. The van der Waals surface area contributed by atoms with E-state index in [1.54, 1.807) is 19.2 Å². The number of aryl methyl sites for hydroxylation is 2. The molecule has 0 amide bonds. The average Bonchev–Trinajstić information content (AvgIpc) is 2.70. The fraction of sp³-hybridized carbons (Fsp3) is 0.273. The van der Waals surface area contributed by atoms with Crippen molar-refractivity contribution in [1.29, 1.82) is 0 Å². The highest BCUT2D eigenvalue weighted by atomic mass is 32.1. The van der Waals surface area contributed by atoms with Crippen molar-refractivity contribution in [3.05, 3.63) is 28.7 Å². The number of hydrogen-bond donors (Lipinski definition) is 0. The summed E-state index contributed by atoms with van der Waals surface area (Å²) in [6, 6.07) is 1.77. The van der Waals surface area contributed by atoms with Crippen LogP contribution in [0.3, 0.4) is 0 Å². The molecule has 0 fully saturated rings. The molecule has 0 aliphatic carbocycles. The van der Waals surface area contributed by atoms with Crippen LogP contribution in [0.2, 0.25) is 0 Å². The Kier molecular flexibility index (Phi) is 3.14. The fourth-order valence-electron chi connectivity index (χ4n) is 1.36. The van der Waals surface area contributed by atoms with Crippen LogP contribution in [-0.4, -0.2) is 28.0 Å². The molecular weight excluding hydrogens is 238 g/mol. The normalized spacial score (nSPS) is 10.3. The van der Waals surface area contributed by atoms with Crippen LogP contribution < -0.4 is 0 Å². The molecule has 0 aliphatic heterocycles. The Morgan fingerprint density at radius 2 is 2.12 bits per heavy atom. The second kappa shape index (κ2) is 4.58. The molecule has 0 aromatic carbocycles. The van der Waals surface area contributed by atoms with Gasteiger partial charge in [0.2, 0.25) is 0 Å². The Morgan fingerprint density at radius 1 is 1.35 bits per heavy atom. The summed E-state index contributed by atoms with van der Waals surface area (Å²) < 4.78 is 4.69. The van der Waals surface area contributed by atoms with E-state index in [4.69, 9.17) is 0 Å². The van der Waals surface area contributed by atoms with E-state index >= 15 is 0 Å². The number of ether oxygens (including phenoxy) is 1. The molecule has 0 bridgehead atoms. The monoisotopic (exact) mass is 249 g/mol. The highest BCUT2D eigenvalue weighted by molar-refractivity contribution is 7.17. The number of methoxy groups -OCH3 is 1. The summed E-state index contributed by atoms with van der Waals surface area (Å²) >= 11 is 1.28. The van der Waals surface area contributed by atoms with Crippen LogP contribution in [0.4, 0.5) is 0 Å². The summed E-state index contributed by atoms with van der Waals surface area (Å²) in [6.07, 6.45) is 1.67. The minimum absolute atomic E-state index is 0.364. The highest BCUT2D eigenvalue weighted by Crippen LogP contribution is 2.26. The van der Waals surface area contributed by atoms with E-state index in [0.29, 0.717) is 21.4 Å². The molecule has 17 heavy (non-hydrogen) atoms. The van der Waals surface area contributed by atoms with Gasteiger partial charge >= 0.3 is 5.97 Å². The van der Waals surface area contributed by atoms with Gasteiger partial charge in [-0.3, -0.25) is 0 Å². The van der Waals surface area contributed by atoms with Gasteiger partial charge in [-0.2, -0.15) is 0 Å². The molecule has 0 aliphatic rings. The van der Waals surface area contributed by atoms with E-state index in [-0.39, 0.29) is 5.97 Å². The quantitative estimate of drug-likeness (QED) is 0.762. The van der Waals surface area contributed by atoms with Gasteiger partial charge in [-0.25, -0.2) is 19.7 Å². The van der Waals surface area contributed by atoms with Gasteiger partial charge in [0.25, 0.3) is 0 Å². The summed E-state index contributed by atoms with van der Waals surface area (Å²) in [7, 11) is 1.36. The van der Waals surface area contributed by atoms with Crippen molar-refractivity contribution in [3.63, 3.8) is 0 Å². The second-order valence-corrected chi connectivity index (χ2v) is 4.41. The number of rotatable bonds is 2. The Hall–Kier alpha value is -1.82. The maximum atomic E-state index is 11.5. The van der Waals surface area contributed by atoms with E-state index in [1.807, 2.05) is 6.92 Å². The number of thiazole rings is 1. The molecule has 0 unspecified atom stereocenters. The van der Waals surface area contributed by atoms with Crippen molar-refractivity contribution in [2.45, 2.75) is 13.8 Å². The summed E-state index contributed by atoms with van der Waals surface area (Å²) in [4.78, 5) is 24.6. The molecule has 2 aromatic rings. The Bertz CT molecular complexity index is 566. The van der Waals surface area contributed by atoms with E-state index in [0.717, 1.165) is 5.69 Å². The van der Waals surface area contributed by atoms with E-state index in [2.05, 4.69) is 19.7 Å². The Labute approximate surface area is 103 Å². The smallest absolute Gasteiger partial charge is 0.349 e. The van der Waals surface area contributed by atoms with E-state index < -0.39 is 0 Å². The van der Waals surface area contributed by atoms with Gasteiger partial charge in [0.05, 0.1) is 12.8 Å². The van der Waals surface area contributed by atoms with Gasteiger partial charge in [-0.05, 0) is 19.9 Å². The van der Waals surface area contributed by atoms with Crippen molar-refractivity contribution >= 4 is 17.3 Å². The first-order valence-electron chi connectivity index (χ1n) is 4.97. The molecular formula is C11H11N3O2S. The molecule has 0 spiro atoms. The fourth-order valence-corrected chi connectivity index (χ4v) is 2.32. The van der Waals surface area contributed by atoms with Crippen molar-refractivity contribution in [2.75, 3.05) is 7.11 Å². The zero-order valence-corrected chi connectivity index (χ0v) is 10.5. The van der Waals surface area contributed by atoms with Crippen molar-refractivity contribution in [3.8, 4) is 10.7 Å². The molecule has 0 saturated carbocycles. The van der Waals surface area contributed by atoms with Crippen LogP contribution in [0.15, 0.2) is 12.3 Å². The lowest BCUT2D eigenvalue weighted by atomic mass is 10.4. The van der Waals surface area contributed by atoms with Crippen LogP contribution in [0, 0.1) is 13.8 Å². The summed E-state index contributed by atoms with van der Waals surface area (Å²) in [5.74, 6) is 0.312. The number of carbonyl (C=O) groups is 1. The summed E-state index contributed by atoms with van der Waals surface area (Å²) in [5, 5.41) is 0.702. The first-order chi connectivity index (χ1) is 8.11. The summed E-state index contributed by atoms with van der Waals surface area (Å²) in [5.41, 5.74) is 1.38. The molecule has 5 nitrogen and oxygen atoms in total. The largest absolute Gasteiger partial charge is 0.465 e. The van der Waals surface area contributed by atoms with Gasteiger partial charge < -0.3 is 4.74 Å². The Morgan fingerprint density at radius 3 is 2.76 bits per heavy atom. The minimum Gasteiger partial charge on any atom is -0.465 e. The number of esters is 1. The Balaban J connectivity index is 2.44. The van der Waals surface area contributed by atoms with Gasteiger partial charge in [0, 0.05) is 6.20 Å². The number of aromatic nitrogens is 3. The predicted octanol–water partition coefficient (Wildman–Crippen LogP) is 2.00. The topological polar surface area (TPSA) is 65.0 Å². The zero-order chi connectivity index (χ0) is 12.4. The molecule has 0 N–H and O–H groups in total. The van der Waals surface area contributed by atoms with Crippen molar-refractivity contribution in [1.82, 2.24) is 15.0 Å². The molecule has 2 heterocycles. The first kappa shape index (κ1) is 11.7. The maximum Gasteiger partial charge on any atom is 0.349 e. The molecule has 6 heteroatoms. The molecule has 0 atom stereocenters. The van der Waals surface area contributed by atoms with Gasteiger partial charge in [0.15, 0.2) is 0 Å². The van der Waals surface area contributed by atoms with E-state index in [9.17, 15) is 4.79 Å². The molecule has 0 saturated heterocycles. The zero-order valence-electron chi connectivity index (χ0n) is 9.72. The van der Waals surface area contributed by atoms with Crippen LogP contribution in [-0.2, 0) is 4.74 Å². The molecule has 2 rings (SSSR count). The maximum absolute atomic E-state index is 11.5. The summed E-state index contributed by atoms with van der Waals surface area (Å²) in [6.45, 7) is 3.59. The molecule has 2 aromatic heterocycles. The predicted molar refractivity (Wildman–Crippen MR) is 64.0 cm³/mol. The van der Waals surface area contributed by atoms with Gasteiger partial charge in [-0.1, -0.05) is 0 Å². The number of hydrogen-bond acceptors (Lipinski definition) is 6. The molecule has 0 radical (unpaired) electrons. The van der Waals surface area contributed by atoms with Crippen LogP contribution in [0.1, 0.15) is 21.2 Å². The van der Waals surface area contributed by atoms with Gasteiger partial charge in [-0.15, -0.1) is 11.3 Å². The van der Waals surface area contributed by atoms with Crippen LogP contribution in [0.5, 0.6) is 0 Å². The third-order valence-electron chi connectivity index (χ3n) is 2.16. The standard InChI is InChI=1S/C11H11N3O2S/c1-6-9(11(15)16-3)17-10(13-6)8-4-5-12-7(2)14-8/h4-5H,1-3H3. The lowest BCUT2D eigenvalue weighted by molar-refractivity contribution is 0.0605. The van der Waals surface area contributed by atoms with Gasteiger partial charge in [0.1, 0.15) is 21.4 Å². The number of carbonyl (C=O) groups excluding carboxylic acids is 1. The van der Waals surface area contributed by atoms with Crippen molar-refractivity contribution in [2.24, 2.45) is 0 Å². The SMILES string of the molecule is COC(=O)c1sc(-c2ccnc(C)n2)nc1C. The van der Waals surface area contributed by atoms with E-state index in [1.165, 1.54) is 18.4 Å². The lowest BCUT2D eigenvalue weighted by Gasteiger charge is -1.95. The number of nitrogens with zero attached hydrogens (tertiary/aromatic N) is 3. The molecule has 88 valence electrons. The highest BCUT2D eigenvalue weighted by Gasteiger charge is 2.17. The average molecular weight is 249 g/mol. The lowest BCUT2D eigenvalue weighted by Crippen LogP contribution is -1.99. The van der Waals surface area contributed by atoms with Crippen LogP contribution >= 0.6 is 11.3 Å². The van der Waals surface area contributed by atoms with Crippen LogP contribution in [0.25, 0.3) is 10.7 Å². The third kappa shape index (κ3) is 2.31.